The van der Waals surface area contributed by atoms with Crippen LogP contribution < -0.4 is 10.6 Å². The van der Waals surface area contributed by atoms with Crippen molar-refractivity contribution in [1.82, 2.24) is 15.5 Å². The summed E-state index contributed by atoms with van der Waals surface area (Å²) in [7, 11) is 0. The van der Waals surface area contributed by atoms with Gasteiger partial charge in [0.15, 0.2) is 0 Å². The number of rotatable bonds is 5. The van der Waals surface area contributed by atoms with Crippen molar-refractivity contribution in [3.05, 3.63) is 69.7 Å². The van der Waals surface area contributed by atoms with E-state index in [4.69, 9.17) is 11.6 Å². The van der Waals surface area contributed by atoms with Crippen molar-refractivity contribution in [2.45, 2.75) is 63.6 Å². The summed E-state index contributed by atoms with van der Waals surface area (Å²) in [5, 5.41) is 6.38. The molecule has 0 aromatic heterocycles. The maximum atomic E-state index is 13.4. The Labute approximate surface area is 215 Å². The zero-order valence-corrected chi connectivity index (χ0v) is 20.8. The Balaban J connectivity index is 1.96. The van der Waals surface area contributed by atoms with Gasteiger partial charge in [-0.05, 0) is 75.5 Å². The maximum absolute atomic E-state index is 13.4. The normalized spacial score (nSPS) is 18.5. The lowest BCUT2D eigenvalue weighted by Crippen LogP contribution is -2.56. The van der Waals surface area contributed by atoms with Crippen LogP contribution in [0.3, 0.4) is 0 Å². The molecule has 37 heavy (non-hydrogen) atoms. The van der Waals surface area contributed by atoms with E-state index in [9.17, 15) is 35.9 Å². The van der Waals surface area contributed by atoms with Crippen LogP contribution in [0.15, 0.2) is 42.5 Å². The Morgan fingerprint density at radius 2 is 1.59 bits per heavy atom. The molecule has 2 aromatic carbocycles. The molecule has 2 aromatic rings. The number of carbonyl (C=O) groups is 2. The molecule has 0 bridgehead atoms. The van der Waals surface area contributed by atoms with Crippen LogP contribution in [-0.4, -0.2) is 41.5 Å². The number of hydrogen-bond donors (Lipinski definition) is 2. The molecule has 3 amide bonds. The molecule has 1 fully saturated rings. The van der Waals surface area contributed by atoms with Gasteiger partial charge in [-0.25, -0.2) is 4.79 Å². The Kier molecular flexibility index (Phi) is 8.79. The first-order chi connectivity index (χ1) is 17.1. The van der Waals surface area contributed by atoms with Gasteiger partial charge in [0.1, 0.15) is 0 Å². The summed E-state index contributed by atoms with van der Waals surface area (Å²) < 4.78 is 80.3. The van der Waals surface area contributed by atoms with E-state index in [0.29, 0.717) is 30.1 Å². The number of urea groups is 1. The Bertz CT molecular complexity index is 1090. The highest BCUT2D eigenvalue weighted by Crippen LogP contribution is 2.37. The summed E-state index contributed by atoms with van der Waals surface area (Å²) in [6, 6.07) is 5.45. The van der Waals surface area contributed by atoms with Crippen LogP contribution in [0.2, 0.25) is 5.02 Å². The topological polar surface area (TPSA) is 61.4 Å². The van der Waals surface area contributed by atoms with E-state index in [1.165, 1.54) is 0 Å². The molecule has 1 aliphatic heterocycles. The van der Waals surface area contributed by atoms with E-state index in [2.05, 4.69) is 10.6 Å². The zero-order chi connectivity index (χ0) is 27.5. The molecule has 202 valence electrons. The fourth-order valence-electron chi connectivity index (χ4n) is 4.24. The Morgan fingerprint density at radius 3 is 2.11 bits per heavy atom. The third kappa shape index (κ3) is 7.61. The van der Waals surface area contributed by atoms with Gasteiger partial charge in [0.25, 0.3) is 5.91 Å². The monoisotopic (exact) mass is 549 g/mol. The minimum atomic E-state index is -5.13. The van der Waals surface area contributed by atoms with Crippen LogP contribution >= 0.6 is 11.6 Å². The number of carbonyl (C=O) groups excluding carboxylic acids is 2. The van der Waals surface area contributed by atoms with Gasteiger partial charge in [-0.15, -0.1) is 0 Å². The molecular weight excluding hydrogens is 524 g/mol. The molecule has 12 heteroatoms. The average Bonchev–Trinajstić information content (AvgIpc) is 2.79. The highest BCUT2D eigenvalue weighted by atomic mass is 35.5. The number of imide groups is 1. The van der Waals surface area contributed by atoms with Gasteiger partial charge in [0, 0.05) is 28.7 Å². The molecule has 0 spiro atoms. The first kappa shape index (κ1) is 28.8. The van der Waals surface area contributed by atoms with Gasteiger partial charge < -0.3 is 10.6 Å². The Hall–Kier alpha value is -2.79. The van der Waals surface area contributed by atoms with E-state index >= 15 is 0 Å². The second-order valence-corrected chi connectivity index (χ2v) is 9.67. The molecule has 0 radical (unpaired) electrons. The van der Waals surface area contributed by atoms with Crippen molar-refractivity contribution in [1.29, 1.82) is 0 Å². The number of nitrogens with one attached hydrogen (secondary N) is 2. The van der Waals surface area contributed by atoms with E-state index < -0.39 is 53.1 Å². The Morgan fingerprint density at radius 1 is 1.03 bits per heavy atom. The second kappa shape index (κ2) is 11.3. The van der Waals surface area contributed by atoms with E-state index in [-0.39, 0.29) is 24.9 Å². The number of halogens is 7. The lowest BCUT2D eigenvalue weighted by Gasteiger charge is -2.37. The second-order valence-electron chi connectivity index (χ2n) is 9.23. The van der Waals surface area contributed by atoms with Crippen LogP contribution in [-0.2, 0) is 18.8 Å². The molecule has 2 atom stereocenters. The molecule has 1 saturated heterocycles. The molecule has 3 rings (SSSR count). The minimum Gasteiger partial charge on any atom is -0.335 e. The van der Waals surface area contributed by atoms with Gasteiger partial charge in [-0.3, -0.25) is 9.69 Å². The zero-order valence-electron chi connectivity index (χ0n) is 20.0. The molecule has 0 saturated carbocycles. The predicted molar refractivity (Wildman–Crippen MR) is 126 cm³/mol. The van der Waals surface area contributed by atoms with Gasteiger partial charge in [-0.2, -0.15) is 26.3 Å². The lowest BCUT2D eigenvalue weighted by molar-refractivity contribution is -0.143. The van der Waals surface area contributed by atoms with Crippen LogP contribution in [0.4, 0.5) is 31.1 Å². The number of alkyl halides is 6. The van der Waals surface area contributed by atoms with Crippen LogP contribution in [0.5, 0.6) is 0 Å². The fraction of sp³-hybridized carbons (Fsp3) is 0.440. The van der Waals surface area contributed by atoms with Crippen molar-refractivity contribution in [2.24, 2.45) is 0 Å². The van der Waals surface area contributed by atoms with Crippen LogP contribution in [0.25, 0.3) is 0 Å². The first-order valence-corrected chi connectivity index (χ1v) is 11.9. The first-order valence-electron chi connectivity index (χ1n) is 11.6. The molecule has 0 aliphatic carbocycles. The van der Waals surface area contributed by atoms with Gasteiger partial charge in [0.05, 0.1) is 11.1 Å². The van der Waals surface area contributed by atoms with E-state index in [0.717, 1.165) is 10.5 Å². The summed E-state index contributed by atoms with van der Waals surface area (Å²) in [6.07, 6.45) is -9.20. The predicted octanol–water partition coefficient (Wildman–Crippen LogP) is 6.30. The van der Waals surface area contributed by atoms with Gasteiger partial charge >= 0.3 is 18.4 Å². The number of benzene rings is 2. The molecule has 2 unspecified atom stereocenters. The number of amides is 3. The third-order valence-corrected chi connectivity index (χ3v) is 6.16. The van der Waals surface area contributed by atoms with E-state index in [1.807, 2.05) is 12.1 Å². The van der Waals surface area contributed by atoms with Crippen molar-refractivity contribution in [3.8, 4) is 0 Å². The molecular formula is C25H26ClF6N3O2. The van der Waals surface area contributed by atoms with Crippen molar-refractivity contribution >= 4 is 23.5 Å². The van der Waals surface area contributed by atoms with Crippen molar-refractivity contribution in [2.75, 3.05) is 6.54 Å². The van der Waals surface area contributed by atoms with Crippen LogP contribution in [0, 0.1) is 0 Å². The largest absolute Gasteiger partial charge is 0.416 e. The highest BCUT2D eigenvalue weighted by molar-refractivity contribution is 6.30. The quantitative estimate of drug-likeness (QED) is 0.430. The molecule has 1 aliphatic rings. The number of piperidine rings is 1. The van der Waals surface area contributed by atoms with Crippen LogP contribution in [0.1, 0.15) is 53.7 Å². The third-order valence-electron chi connectivity index (χ3n) is 5.91. The molecule has 5 nitrogen and oxygen atoms in total. The van der Waals surface area contributed by atoms with E-state index in [1.54, 1.807) is 26.0 Å². The summed E-state index contributed by atoms with van der Waals surface area (Å²) in [6.45, 7) is 3.63. The fourth-order valence-corrected chi connectivity index (χ4v) is 4.36. The van der Waals surface area contributed by atoms with Gasteiger partial charge in [0.2, 0.25) is 0 Å². The minimum absolute atomic E-state index is 0.0536. The van der Waals surface area contributed by atoms with Crippen molar-refractivity contribution < 1.29 is 35.9 Å². The lowest BCUT2D eigenvalue weighted by atomic mass is 9.92. The maximum Gasteiger partial charge on any atom is 0.416 e. The molecule has 2 N–H and O–H groups in total. The number of nitrogens with zero attached hydrogens (tertiary/aromatic N) is 1. The summed E-state index contributed by atoms with van der Waals surface area (Å²) in [5.74, 6) is -1.23. The SMILES string of the molecule is CC(C)NC(=O)N(C(=O)c1cc(C(F)(F)F)cc(C(F)(F)F)c1)C1CCNC(Cc2ccc(Cl)cc2)C1. The average molecular weight is 550 g/mol. The van der Waals surface area contributed by atoms with Crippen molar-refractivity contribution in [3.63, 3.8) is 0 Å². The summed E-state index contributed by atoms with van der Waals surface area (Å²) in [4.78, 5) is 27.2. The standard InChI is InChI=1S/C25H26ClF6N3O2/c1-14(2)34-23(37)35(21-7-8-33-20(13-21)9-15-3-5-19(26)6-4-15)22(36)16-10-17(24(27,28)29)12-18(11-16)25(30,31)32/h3-6,10-12,14,20-21,33H,7-9,13H2,1-2H3,(H,34,37). The molecule has 1 heterocycles. The smallest absolute Gasteiger partial charge is 0.335 e. The van der Waals surface area contributed by atoms with Gasteiger partial charge in [-0.1, -0.05) is 23.7 Å². The number of hydrogen-bond acceptors (Lipinski definition) is 3. The highest BCUT2D eigenvalue weighted by Gasteiger charge is 2.40. The summed E-state index contributed by atoms with van der Waals surface area (Å²) in [5.41, 5.74) is -3.18. The summed E-state index contributed by atoms with van der Waals surface area (Å²) >= 11 is 5.92.